The number of H-pyrrole nitrogens is 1. The van der Waals surface area contributed by atoms with Crippen LogP contribution in [-0.2, 0) is 0 Å². The molecule has 2 aromatic heterocycles. The molecule has 0 aliphatic carbocycles. The summed E-state index contributed by atoms with van der Waals surface area (Å²) in [5.41, 5.74) is 2.51. The van der Waals surface area contributed by atoms with E-state index in [-0.39, 0.29) is 0 Å². The molecule has 3 rings (SSSR count). The summed E-state index contributed by atoms with van der Waals surface area (Å²) in [6.07, 6.45) is 4.95. The van der Waals surface area contributed by atoms with Crippen molar-refractivity contribution < 1.29 is 9.47 Å². The molecule has 0 aliphatic heterocycles. The van der Waals surface area contributed by atoms with E-state index in [1.807, 2.05) is 18.2 Å². The van der Waals surface area contributed by atoms with E-state index in [0.29, 0.717) is 18.1 Å². The van der Waals surface area contributed by atoms with Gasteiger partial charge in [0.1, 0.15) is 17.9 Å². The number of aromatic amines is 1. The van der Waals surface area contributed by atoms with Crippen LogP contribution in [0, 0.1) is 0 Å². The van der Waals surface area contributed by atoms with Crippen LogP contribution in [0.25, 0.3) is 22.4 Å². The van der Waals surface area contributed by atoms with Gasteiger partial charge in [-0.25, -0.2) is 4.98 Å². The van der Waals surface area contributed by atoms with Gasteiger partial charge in [0.2, 0.25) is 0 Å². The second-order valence-corrected chi connectivity index (χ2v) is 4.34. The maximum absolute atomic E-state index is 5.53. The Labute approximate surface area is 121 Å². The third kappa shape index (κ3) is 2.55. The van der Waals surface area contributed by atoms with E-state index in [2.05, 4.69) is 26.7 Å². The Bertz CT molecular complexity index is 749. The van der Waals surface area contributed by atoms with E-state index in [9.17, 15) is 0 Å². The van der Waals surface area contributed by atoms with Crippen molar-refractivity contribution in [2.45, 2.75) is 0 Å². The van der Waals surface area contributed by atoms with E-state index in [1.54, 1.807) is 25.6 Å². The Kier molecular flexibility index (Phi) is 3.51. The summed E-state index contributed by atoms with van der Waals surface area (Å²) in [6, 6.07) is 5.64. The normalized spacial score (nSPS) is 10.5. The molecule has 1 N–H and O–H groups in total. The Balaban J connectivity index is 1.99. The number of imidazole rings is 1. The molecule has 0 atom stereocenters. The van der Waals surface area contributed by atoms with Gasteiger partial charge in [0.25, 0.3) is 0 Å². The van der Waals surface area contributed by atoms with Crippen LogP contribution in [0.15, 0.2) is 43.2 Å². The van der Waals surface area contributed by atoms with Crippen LogP contribution in [-0.4, -0.2) is 33.9 Å². The van der Waals surface area contributed by atoms with Crippen molar-refractivity contribution in [3.8, 4) is 22.9 Å². The first kappa shape index (κ1) is 13.1. The lowest BCUT2D eigenvalue weighted by molar-refractivity contribution is 0.326. The fraction of sp³-hybridized carbons (Fsp3) is 0.133. The number of aromatic nitrogens is 4. The molecule has 0 fully saturated rings. The molecule has 0 spiro atoms. The van der Waals surface area contributed by atoms with Crippen LogP contribution in [0.4, 0.5) is 0 Å². The largest absolute Gasteiger partial charge is 0.493 e. The van der Waals surface area contributed by atoms with Crippen LogP contribution >= 0.6 is 0 Å². The summed E-state index contributed by atoms with van der Waals surface area (Å²) in [5, 5.41) is 7.64. The molecular formula is C15H14N4O2. The predicted octanol–water partition coefficient (Wildman–Crippen LogP) is 2.59. The molecule has 1 aromatic carbocycles. The fourth-order valence-corrected chi connectivity index (χ4v) is 2.00. The first-order chi connectivity index (χ1) is 10.3. The highest BCUT2D eigenvalue weighted by Gasteiger charge is 2.10. The standard InChI is InChI=1S/C15H14N4O2/c1-3-6-21-13-5-4-10(7-14(13)20-2)15-18-11-8-16-17-9-12(11)19-15/h3-5,7-9H,1,6H2,2H3,(H,18,19). The Morgan fingerprint density at radius 1 is 1.24 bits per heavy atom. The minimum atomic E-state index is 0.428. The lowest BCUT2D eigenvalue weighted by Crippen LogP contribution is -1.96. The van der Waals surface area contributed by atoms with Gasteiger partial charge in [-0.1, -0.05) is 12.7 Å². The van der Waals surface area contributed by atoms with Gasteiger partial charge < -0.3 is 14.5 Å². The zero-order valence-corrected chi connectivity index (χ0v) is 11.5. The number of ether oxygens (including phenoxy) is 2. The highest BCUT2D eigenvalue weighted by molar-refractivity contribution is 5.78. The lowest BCUT2D eigenvalue weighted by atomic mass is 10.2. The molecule has 21 heavy (non-hydrogen) atoms. The zero-order valence-electron chi connectivity index (χ0n) is 11.5. The molecule has 0 aliphatic rings. The van der Waals surface area contributed by atoms with Gasteiger partial charge in [0, 0.05) is 5.56 Å². The first-order valence-corrected chi connectivity index (χ1v) is 6.40. The van der Waals surface area contributed by atoms with Gasteiger partial charge in [0.15, 0.2) is 11.5 Å². The van der Waals surface area contributed by atoms with Crippen molar-refractivity contribution in [1.82, 2.24) is 20.2 Å². The maximum atomic E-state index is 5.53. The quantitative estimate of drug-likeness (QED) is 0.728. The topological polar surface area (TPSA) is 72.9 Å². The summed E-state index contributed by atoms with van der Waals surface area (Å²) < 4.78 is 10.9. The molecule has 0 unspecified atom stereocenters. The van der Waals surface area contributed by atoms with Crippen LogP contribution < -0.4 is 9.47 Å². The minimum absolute atomic E-state index is 0.428. The molecule has 6 heteroatoms. The molecule has 0 radical (unpaired) electrons. The molecule has 2 heterocycles. The van der Waals surface area contributed by atoms with Gasteiger partial charge >= 0.3 is 0 Å². The third-order valence-electron chi connectivity index (χ3n) is 2.99. The van der Waals surface area contributed by atoms with Crippen molar-refractivity contribution in [1.29, 1.82) is 0 Å². The molecule has 0 amide bonds. The summed E-state index contributed by atoms with van der Waals surface area (Å²) in [7, 11) is 1.60. The number of nitrogens with one attached hydrogen (secondary N) is 1. The van der Waals surface area contributed by atoms with Crippen molar-refractivity contribution in [2.24, 2.45) is 0 Å². The van der Waals surface area contributed by atoms with E-state index in [0.717, 1.165) is 22.4 Å². The van der Waals surface area contributed by atoms with Gasteiger partial charge in [-0.05, 0) is 18.2 Å². The van der Waals surface area contributed by atoms with E-state index < -0.39 is 0 Å². The molecule has 0 saturated carbocycles. The van der Waals surface area contributed by atoms with Crippen LogP contribution in [0.1, 0.15) is 0 Å². The van der Waals surface area contributed by atoms with Crippen molar-refractivity contribution in [2.75, 3.05) is 13.7 Å². The van der Waals surface area contributed by atoms with Gasteiger partial charge in [0.05, 0.1) is 25.0 Å². The molecule has 3 aromatic rings. The minimum Gasteiger partial charge on any atom is -0.493 e. The Morgan fingerprint density at radius 3 is 2.86 bits per heavy atom. The smallest absolute Gasteiger partial charge is 0.161 e. The lowest BCUT2D eigenvalue weighted by Gasteiger charge is -2.10. The number of benzene rings is 1. The first-order valence-electron chi connectivity index (χ1n) is 6.40. The highest BCUT2D eigenvalue weighted by Crippen LogP contribution is 2.32. The summed E-state index contributed by atoms with van der Waals surface area (Å²) in [6.45, 7) is 4.06. The van der Waals surface area contributed by atoms with Crippen LogP contribution in [0.5, 0.6) is 11.5 Å². The van der Waals surface area contributed by atoms with Crippen molar-refractivity contribution in [3.05, 3.63) is 43.2 Å². The van der Waals surface area contributed by atoms with E-state index in [4.69, 9.17) is 9.47 Å². The summed E-state index contributed by atoms with van der Waals surface area (Å²) in [5.74, 6) is 2.04. The highest BCUT2D eigenvalue weighted by atomic mass is 16.5. The third-order valence-corrected chi connectivity index (χ3v) is 2.99. The number of rotatable bonds is 5. The number of nitrogens with zero attached hydrogens (tertiary/aromatic N) is 3. The number of methoxy groups -OCH3 is 1. The molecule has 0 bridgehead atoms. The Morgan fingerprint density at radius 2 is 2.10 bits per heavy atom. The average Bonchev–Trinajstić information content (AvgIpc) is 2.96. The number of hydrogen-bond donors (Lipinski definition) is 1. The SMILES string of the molecule is C=CCOc1ccc(-c2nc3cnncc3[nH]2)cc1OC. The predicted molar refractivity (Wildman–Crippen MR) is 79.4 cm³/mol. The van der Waals surface area contributed by atoms with Gasteiger partial charge in [-0.2, -0.15) is 10.2 Å². The second kappa shape index (κ2) is 5.62. The van der Waals surface area contributed by atoms with Crippen molar-refractivity contribution in [3.63, 3.8) is 0 Å². The Hall–Kier alpha value is -2.89. The second-order valence-electron chi connectivity index (χ2n) is 4.34. The fourth-order valence-electron chi connectivity index (χ4n) is 2.00. The molecule has 0 saturated heterocycles. The van der Waals surface area contributed by atoms with E-state index in [1.165, 1.54) is 0 Å². The summed E-state index contributed by atoms with van der Waals surface area (Å²) in [4.78, 5) is 7.68. The van der Waals surface area contributed by atoms with Crippen molar-refractivity contribution >= 4 is 11.0 Å². The monoisotopic (exact) mass is 282 g/mol. The van der Waals surface area contributed by atoms with Crippen LogP contribution in [0.2, 0.25) is 0 Å². The van der Waals surface area contributed by atoms with Gasteiger partial charge in [-0.3, -0.25) is 0 Å². The molecular weight excluding hydrogens is 268 g/mol. The maximum Gasteiger partial charge on any atom is 0.161 e. The number of hydrogen-bond acceptors (Lipinski definition) is 5. The molecule has 106 valence electrons. The average molecular weight is 282 g/mol. The van der Waals surface area contributed by atoms with Gasteiger partial charge in [-0.15, -0.1) is 0 Å². The van der Waals surface area contributed by atoms with Crippen LogP contribution in [0.3, 0.4) is 0 Å². The number of fused-ring (bicyclic) bond motifs is 1. The van der Waals surface area contributed by atoms with E-state index >= 15 is 0 Å². The zero-order chi connectivity index (χ0) is 14.7. The summed E-state index contributed by atoms with van der Waals surface area (Å²) >= 11 is 0. The molecule has 6 nitrogen and oxygen atoms in total.